The van der Waals surface area contributed by atoms with Crippen molar-refractivity contribution in [1.82, 2.24) is 19.7 Å². The molecule has 9 heteroatoms. The summed E-state index contributed by atoms with van der Waals surface area (Å²) in [7, 11) is 2.01. The first kappa shape index (κ1) is 28.7. The summed E-state index contributed by atoms with van der Waals surface area (Å²) in [6, 6.07) is 7.71. The third-order valence-electron chi connectivity index (χ3n) is 11.9. The second-order valence-corrected chi connectivity index (χ2v) is 14.1. The maximum atomic E-state index is 16.5. The van der Waals surface area contributed by atoms with Gasteiger partial charge in [-0.25, -0.2) is 4.39 Å². The van der Waals surface area contributed by atoms with Gasteiger partial charge in [0, 0.05) is 48.9 Å². The Morgan fingerprint density at radius 1 is 1.09 bits per heavy atom. The van der Waals surface area contributed by atoms with Crippen LogP contribution in [0, 0.1) is 17.8 Å². The minimum absolute atomic E-state index is 0.0183. The van der Waals surface area contributed by atoms with E-state index in [9.17, 15) is 9.59 Å². The van der Waals surface area contributed by atoms with Gasteiger partial charge in [0.2, 0.25) is 0 Å². The lowest BCUT2D eigenvalue weighted by atomic mass is 9.63. The fraction of sp³-hybridized carbons (Fsp3) is 0.657. The zero-order chi connectivity index (χ0) is 29.9. The molecule has 4 heterocycles. The number of H-pyrrole nitrogens is 1. The fourth-order valence-electron chi connectivity index (χ4n) is 9.78. The lowest BCUT2D eigenvalue weighted by molar-refractivity contribution is -0.225. The van der Waals surface area contributed by atoms with Gasteiger partial charge in [-0.15, -0.1) is 0 Å². The average Bonchev–Trinajstić information content (AvgIpc) is 3.47. The van der Waals surface area contributed by atoms with E-state index >= 15 is 4.39 Å². The first-order valence-corrected chi connectivity index (χ1v) is 16.9. The molecule has 236 valence electrons. The van der Waals surface area contributed by atoms with Crippen LogP contribution >= 0.6 is 0 Å². The second-order valence-electron chi connectivity index (χ2n) is 14.1. The molecule has 3 aliphatic carbocycles. The smallest absolute Gasteiger partial charge is 0.259 e. The van der Waals surface area contributed by atoms with Crippen molar-refractivity contribution in [3.05, 3.63) is 47.8 Å². The van der Waals surface area contributed by atoms with E-state index in [1.807, 2.05) is 19.3 Å². The molecule has 44 heavy (non-hydrogen) atoms. The number of aromatic nitrogens is 1. The monoisotopic (exact) mass is 604 g/mol. The molecular formula is C35H45FN4O4. The van der Waals surface area contributed by atoms with Crippen LogP contribution in [0.1, 0.15) is 50.5 Å². The van der Waals surface area contributed by atoms with Crippen molar-refractivity contribution in [2.45, 2.75) is 87.9 Å². The summed E-state index contributed by atoms with van der Waals surface area (Å²) in [6.07, 6.45) is 10.2. The van der Waals surface area contributed by atoms with Crippen LogP contribution in [0.15, 0.2) is 42.2 Å². The van der Waals surface area contributed by atoms with Crippen LogP contribution in [0.4, 0.5) is 4.39 Å². The van der Waals surface area contributed by atoms with E-state index in [4.69, 9.17) is 9.47 Å². The molecule has 9 atom stereocenters. The number of aromatic amines is 1. The number of ketones is 1. The number of para-hydroxylation sites is 1. The molecule has 1 N–H and O–H groups in total. The van der Waals surface area contributed by atoms with Crippen LogP contribution in [-0.4, -0.2) is 108 Å². The molecule has 5 fully saturated rings. The Kier molecular flexibility index (Phi) is 7.54. The van der Waals surface area contributed by atoms with Gasteiger partial charge in [0.25, 0.3) is 5.91 Å². The van der Waals surface area contributed by atoms with E-state index in [2.05, 4.69) is 39.2 Å². The van der Waals surface area contributed by atoms with Crippen LogP contribution < -0.4 is 0 Å². The third kappa shape index (κ3) is 4.72. The van der Waals surface area contributed by atoms with Crippen molar-refractivity contribution in [2.24, 2.45) is 17.8 Å². The van der Waals surface area contributed by atoms with Gasteiger partial charge in [0.1, 0.15) is 6.17 Å². The number of nitrogens with zero attached hydrogens (tertiary/aromatic N) is 3. The van der Waals surface area contributed by atoms with Gasteiger partial charge < -0.3 is 24.3 Å². The lowest BCUT2D eigenvalue weighted by Crippen LogP contribution is -2.74. The molecule has 6 aliphatic rings. The number of rotatable bonds is 5. The average molecular weight is 605 g/mol. The number of benzene rings is 1. The number of halogens is 1. The number of likely N-dealkylation sites (N-methyl/N-ethyl adjacent to an activating group) is 1. The maximum Gasteiger partial charge on any atom is 0.259 e. The Hall–Kier alpha value is -2.75. The summed E-state index contributed by atoms with van der Waals surface area (Å²) >= 11 is 0. The minimum atomic E-state index is -1.22. The zero-order valence-electron chi connectivity index (χ0n) is 25.7. The normalized spacial score (nSPS) is 36.9. The molecule has 0 spiro atoms. The molecule has 0 bridgehead atoms. The van der Waals surface area contributed by atoms with Crippen molar-refractivity contribution in [3.8, 4) is 0 Å². The third-order valence-corrected chi connectivity index (χ3v) is 11.9. The van der Waals surface area contributed by atoms with E-state index in [-0.39, 0.29) is 41.9 Å². The molecule has 3 aliphatic heterocycles. The number of amides is 1. The van der Waals surface area contributed by atoms with E-state index < -0.39 is 24.2 Å². The molecule has 9 unspecified atom stereocenters. The number of hydrogen-bond acceptors (Lipinski definition) is 6. The summed E-state index contributed by atoms with van der Waals surface area (Å²) in [5, 5.41) is 1.20. The number of ether oxygens (including phenoxy) is 2. The molecule has 2 aromatic rings. The van der Waals surface area contributed by atoms with Crippen LogP contribution in [0.5, 0.6) is 0 Å². The Bertz CT molecular complexity index is 1440. The first-order valence-electron chi connectivity index (χ1n) is 16.9. The highest BCUT2D eigenvalue weighted by molar-refractivity contribution is 6.20. The Morgan fingerprint density at radius 2 is 1.91 bits per heavy atom. The predicted octanol–water partition coefficient (Wildman–Crippen LogP) is 4.10. The number of morpholine rings is 2. The van der Waals surface area contributed by atoms with E-state index in [0.29, 0.717) is 44.7 Å². The van der Waals surface area contributed by atoms with E-state index in [1.54, 1.807) is 4.90 Å². The molecule has 1 aromatic heterocycles. The molecule has 8 nitrogen and oxygen atoms in total. The molecular weight excluding hydrogens is 559 g/mol. The minimum Gasteiger partial charge on any atom is -0.378 e. The number of alkyl halides is 1. The maximum absolute atomic E-state index is 16.5. The predicted molar refractivity (Wildman–Crippen MR) is 165 cm³/mol. The molecule has 0 radical (unpaired) electrons. The van der Waals surface area contributed by atoms with Crippen LogP contribution in [0.25, 0.3) is 10.9 Å². The van der Waals surface area contributed by atoms with Crippen molar-refractivity contribution in [3.63, 3.8) is 0 Å². The lowest BCUT2D eigenvalue weighted by Gasteiger charge is -2.62. The summed E-state index contributed by atoms with van der Waals surface area (Å²) < 4.78 is 29.0. The van der Waals surface area contributed by atoms with Crippen molar-refractivity contribution in [2.75, 3.05) is 39.9 Å². The zero-order valence-corrected chi connectivity index (χ0v) is 25.7. The van der Waals surface area contributed by atoms with Crippen LogP contribution in [0.3, 0.4) is 0 Å². The highest BCUT2D eigenvalue weighted by atomic mass is 19.1. The Morgan fingerprint density at radius 3 is 2.77 bits per heavy atom. The number of nitrogens with one attached hydrogen (secondary N) is 1. The SMILES string of the molecule is CN(CCc1c[nH]c2ccccc12)C1C(F)CC2C(=O)C(C(=O)N3CCOCC3)=CN3C4C(CCC5CCCCC54)OC1C23. The number of carbonyl (C=O) groups excluding carboxylic acids is 2. The molecule has 8 rings (SSSR count). The Labute approximate surface area is 258 Å². The van der Waals surface area contributed by atoms with Gasteiger partial charge in [0.05, 0.1) is 49.1 Å². The first-order chi connectivity index (χ1) is 21.5. The van der Waals surface area contributed by atoms with Gasteiger partial charge >= 0.3 is 0 Å². The van der Waals surface area contributed by atoms with E-state index in [1.165, 1.54) is 30.2 Å². The molecule has 3 saturated carbocycles. The topological polar surface area (TPSA) is 78.1 Å². The fourth-order valence-corrected chi connectivity index (χ4v) is 9.78. The van der Waals surface area contributed by atoms with Gasteiger partial charge in [-0.2, -0.15) is 0 Å². The highest BCUT2D eigenvalue weighted by Crippen LogP contribution is 2.51. The van der Waals surface area contributed by atoms with Crippen molar-refractivity contribution < 1.29 is 23.5 Å². The number of hydrogen-bond donors (Lipinski definition) is 1. The number of fused-ring (bicyclic) bond motifs is 5. The second kappa shape index (κ2) is 11.6. The van der Waals surface area contributed by atoms with Crippen molar-refractivity contribution >= 4 is 22.6 Å². The molecule has 1 amide bonds. The standard InChI is InChI=1S/C35H45FN4O4/c1-38(13-12-22-19-37-28-9-5-4-7-23(22)28)32-27(36)18-25-31-34(32)44-29-11-10-21-6-2-3-8-24(21)30(29)40(31)20-26(33(25)41)35(42)39-14-16-43-17-15-39/h4-5,7,9,19-21,24-25,27,29-32,34,37H,2-3,6,8,10-18H2,1H3. The number of Topliss-reactive ketones (excluding diaryl/α,β-unsaturated/α-hetero) is 1. The van der Waals surface area contributed by atoms with Crippen LogP contribution in [-0.2, 0) is 25.5 Å². The van der Waals surface area contributed by atoms with Crippen LogP contribution in [0.2, 0.25) is 0 Å². The van der Waals surface area contributed by atoms with Gasteiger partial charge in [-0.3, -0.25) is 14.5 Å². The van der Waals surface area contributed by atoms with Crippen molar-refractivity contribution in [1.29, 1.82) is 0 Å². The highest BCUT2D eigenvalue weighted by Gasteiger charge is 2.61. The summed E-state index contributed by atoms with van der Waals surface area (Å²) in [5.41, 5.74) is 2.57. The largest absolute Gasteiger partial charge is 0.378 e. The van der Waals surface area contributed by atoms with Gasteiger partial charge in [-0.1, -0.05) is 37.5 Å². The van der Waals surface area contributed by atoms with Gasteiger partial charge in [0.15, 0.2) is 5.78 Å². The quantitative estimate of drug-likeness (QED) is 0.518. The summed E-state index contributed by atoms with van der Waals surface area (Å²) in [5.74, 6) is 0.131. The molecule has 1 aromatic carbocycles. The van der Waals surface area contributed by atoms with E-state index in [0.717, 1.165) is 31.2 Å². The Balaban J connectivity index is 1.12. The summed E-state index contributed by atoms with van der Waals surface area (Å²) in [6.45, 7) is 2.61. The summed E-state index contributed by atoms with van der Waals surface area (Å²) in [4.78, 5) is 37.6. The van der Waals surface area contributed by atoms with Gasteiger partial charge in [-0.05, 0) is 62.6 Å². The number of carbonyl (C=O) groups is 2. The molecule has 2 saturated heterocycles.